The Balaban J connectivity index is 1.52. The van der Waals surface area contributed by atoms with Gasteiger partial charge in [-0.15, -0.1) is 0 Å². The first-order valence-corrected chi connectivity index (χ1v) is 11.4. The zero-order valence-electron chi connectivity index (χ0n) is 16.4. The summed E-state index contributed by atoms with van der Waals surface area (Å²) in [4.78, 5) is 11.1. The molecule has 0 spiro atoms. The van der Waals surface area contributed by atoms with Gasteiger partial charge in [-0.25, -0.2) is 13.1 Å². The summed E-state index contributed by atoms with van der Waals surface area (Å²) in [6, 6.07) is 16.3. The highest BCUT2D eigenvalue weighted by Gasteiger charge is 2.28. The summed E-state index contributed by atoms with van der Waals surface area (Å²) >= 11 is 0. The van der Waals surface area contributed by atoms with Crippen molar-refractivity contribution in [2.45, 2.75) is 43.2 Å². The van der Waals surface area contributed by atoms with Crippen molar-refractivity contribution in [3.05, 3.63) is 72.1 Å². The van der Waals surface area contributed by atoms with E-state index in [1.54, 1.807) is 35.1 Å². The van der Waals surface area contributed by atoms with E-state index in [1.165, 1.54) is 0 Å². The lowest BCUT2D eigenvalue weighted by Gasteiger charge is -2.24. The molecule has 30 heavy (non-hydrogen) atoms. The van der Waals surface area contributed by atoms with E-state index < -0.39 is 16.0 Å². The number of nitrogens with one attached hydrogen (secondary N) is 1. The van der Waals surface area contributed by atoms with Gasteiger partial charge in [-0.05, 0) is 42.5 Å². The first-order chi connectivity index (χ1) is 14.4. The lowest BCUT2D eigenvalue weighted by atomic mass is 9.94. The quantitative estimate of drug-likeness (QED) is 0.604. The molecule has 2 aromatic carbocycles. The van der Waals surface area contributed by atoms with E-state index in [0.29, 0.717) is 6.42 Å². The van der Waals surface area contributed by atoms with Crippen LogP contribution in [0.15, 0.2) is 65.7 Å². The van der Waals surface area contributed by atoms with Gasteiger partial charge in [-0.3, -0.25) is 9.48 Å². The van der Waals surface area contributed by atoms with E-state index in [-0.39, 0.29) is 23.9 Å². The van der Waals surface area contributed by atoms with Gasteiger partial charge in [0.25, 0.3) is 0 Å². The molecule has 2 N–H and O–H groups in total. The molecule has 0 saturated heterocycles. The molecule has 1 aliphatic rings. The highest BCUT2D eigenvalue weighted by atomic mass is 32.2. The topological polar surface area (TPSA) is 101 Å². The van der Waals surface area contributed by atoms with Crippen LogP contribution in [-0.2, 0) is 27.8 Å². The van der Waals surface area contributed by atoms with Crippen molar-refractivity contribution in [1.82, 2.24) is 14.5 Å². The molecule has 1 aliphatic carbocycles. The molecule has 0 saturated carbocycles. The van der Waals surface area contributed by atoms with Crippen LogP contribution in [0.4, 0.5) is 0 Å². The Morgan fingerprint density at radius 1 is 1.10 bits per heavy atom. The Bertz CT molecular complexity index is 1140. The van der Waals surface area contributed by atoms with Crippen molar-refractivity contribution in [1.29, 1.82) is 0 Å². The van der Waals surface area contributed by atoms with Crippen LogP contribution in [0.5, 0.6) is 0 Å². The number of aromatic nitrogens is 2. The Kier molecular flexibility index (Phi) is 5.69. The molecule has 0 bridgehead atoms. The molecule has 0 aliphatic heterocycles. The third-order valence-electron chi connectivity index (χ3n) is 5.37. The maximum absolute atomic E-state index is 13.0. The van der Waals surface area contributed by atoms with Crippen LogP contribution >= 0.6 is 0 Å². The summed E-state index contributed by atoms with van der Waals surface area (Å²) < 4.78 is 30.4. The van der Waals surface area contributed by atoms with Gasteiger partial charge in [0.05, 0.1) is 30.1 Å². The molecule has 0 amide bonds. The molecule has 1 aromatic heterocycles. The fraction of sp³-hybridized carbons (Fsp3) is 0.273. The van der Waals surface area contributed by atoms with Crippen LogP contribution in [-0.4, -0.2) is 29.3 Å². The molecule has 4 rings (SSSR count). The van der Waals surface area contributed by atoms with Crippen molar-refractivity contribution in [3.63, 3.8) is 0 Å². The fourth-order valence-corrected chi connectivity index (χ4v) is 5.10. The molecule has 8 heteroatoms. The molecular formula is C22H23N3O4S. The van der Waals surface area contributed by atoms with Gasteiger partial charge < -0.3 is 5.11 Å². The Morgan fingerprint density at radius 2 is 1.80 bits per heavy atom. The summed E-state index contributed by atoms with van der Waals surface area (Å²) in [5.74, 6) is -0.883. The number of carboxylic acid groups (broad SMARTS) is 1. The summed E-state index contributed by atoms with van der Waals surface area (Å²) in [6.45, 7) is 0.283. The third kappa shape index (κ3) is 4.29. The van der Waals surface area contributed by atoms with Crippen LogP contribution in [0.1, 0.15) is 36.6 Å². The van der Waals surface area contributed by atoms with Crippen LogP contribution < -0.4 is 4.72 Å². The second kappa shape index (κ2) is 8.41. The Hall–Kier alpha value is -2.97. The zero-order chi connectivity index (χ0) is 21.1. The van der Waals surface area contributed by atoms with E-state index in [0.717, 1.165) is 35.2 Å². The number of carboxylic acids is 1. The van der Waals surface area contributed by atoms with Crippen LogP contribution in [0, 0.1) is 0 Å². The molecule has 0 unspecified atom stereocenters. The normalized spacial score (nSPS) is 16.2. The zero-order valence-corrected chi connectivity index (χ0v) is 17.2. The summed E-state index contributed by atoms with van der Waals surface area (Å²) in [6.07, 6.45) is 3.89. The number of carbonyl (C=O) groups is 1. The van der Waals surface area contributed by atoms with Gasteiger partial charge >= 0.3 is 5.97 Å². The van der Waals surface area contributed by atoms with Crippen LogP contribution in [0.3, 0.4) is 0 Å². The van der Waals surface area contributed by atoms with Gasteiger partial charge in [0.1, 0.15) is 0 Å². The number of benzene rings is 2. The molecular weight excluding hydrogens is 402 g/mol. The minimum Gasteiger partial charge on any atom is -0.481 e. The number of aryl methyl sites for hydroxylation is 1. The maximum Gasteiger partial charge on any atom is 0.305 e. The Morgan fingerprint density at radius 3 is 2.50 bits per heavy atom. The van der Waals surface area contributed by atoms with E-state index in [4.69, 9.17) is 5.11 Å². The molecule has 3 aromatic rings. The van der Waals surface area contributed by atoms with Gasteiger partial charge in [-0.2, -0.15) is 5.10 Å². The van der Waals surface area contributed by atoms with Crippen molar-refractivity contribution >= 4 is 16.0 Å². The molecule has 1 heterocycles. The van der Waals surface area contributed by atoms with Gasteiger partial charge in [-0.1, -0.05) is 42.5 Å². The van der Waals surface area contributed by atoms with Crippen molar-refractivity contribution in [3.8, 4) is 11.1 Å². The highest BCUT2D eigenvalue weighted by molar-refractivity contribution is 7.89. The van der Waals surface area contributed by atoms with Crippen molar-refractivity contribution in [2.24, 2.45) is 0 Å². The maximum atomic E-state index is 13.0. The lowest BCUT2D eigenvalue weighted by molar-refractivity contribution is -0.137. The third-order valence-corrected chi connectivity index (χ3v) is 6.86. The molecule has 156 valence electrons. The smallest absolute Gasteiger partial charge is 0.305 e. The number of hydrogen-bond donors (Lipinski definition) is 2. The second-order valence-electron chi connectivity index (χ2n) is 7.37. The summed E-state index contributed by atoms with van der Waals surface area (Å²) in [5.41, 5.74) is 3.72. The fourth-order valence-electron chi connectivity index (χ4n) is 3.85. The van der Waals surface area contributed by atoms with Gasteiger partial charge in [0.15, 0.2) is 0 Å². The Labute approximate surface area is 175 Å². The average Bonchev–Trinajstić information content (AvgIpc) is 3.17. The largest absolute Gasteiger partial charge is 0.481 e. The van der Waals surface area contributed by atoms with Gasteiger partial charge in [0, 0.05) is 11.3 Å². The number of aliphatic carboxylic acids is 1. The standard InChI is InChI=1S/C22H23N3O4S/c26-22(27)13-14-25-21-8-4-7-20(19(21)15-23-25)24-30(28,29)18-11-9-17(10-12-18)16-5-2-1-3-6-16/h1-3,5-6,9-12,15,20,24H,4,7-8,13-14H2,(H,26,27)/t20-/m1/s1. The van der Waals surface area contributed by atoms with E-state index in [9.17, 15) is 13.2 Å². The van der Waals surface area contributed by atoms with Gasteiger partial charge in [0.2, 0.25) is 10.0 Å². The number of hydrogen-bond acceptors (Lipinski definition) is 4. The second-order valence-corrected chi connectivity index (χ2v) is 9.08. The minimum atomic E-state index is -3.70. The molecule has 1 atom stereocenters. The van der Waals surface area contributed by atoms with Crippen LogP contribution in [0.2, 0.25) is 0 Å². The highest BCUT2D eigenvalue weighted by Crippen LogP contribution is 2.31. The van der Waals surface area contributed by atoms with Crippen molar-refractivity contribution in [2.75, 3.05) is 0 Å². The number of fused-ring (bicyclic) bond motifs is 1. The van der Waals surface area contributed by atoms with Crippen LogP contribution in [0.25, 0.3) is 11.1 Å². The molecule has 7 nitrogen and oxygen atoms in total. The number of rotatable bonds is 7. The van der Waals surface area contributed by atoms with E-state index >= 15 is 0 Å². The summed E-state index contributed by atoms with van der Waals surface area (Å²) in [7, 11) is -3.70. The monoisotopic (exact) mass is 425 g/mol. The number of nitrogens with zero attached hydrogens (tertiary/aromatic N) is 2. The minimum absolute atomic E-state index is 0.0156. The first-order valence-electron chi connectivity index (χ1n) is 9.88. The molecule has 0 radical (unpaired) electrons. The van der Waals surface area contributed by atoms with E-state index in [2.05, 4.69) is 9.82 Å². The molecule has 0 fully saturated rings. The summed E-state index contributed by atoms with van der Waals surface area (Å²) in [5, 5.41) is 13.2. The SMILES string of the molecule is O=C(O)CCn1ncc2c1CCC[C@H]2NS(=O)(=O)c1ccc(-c2ccccc2)cc1. The predicted octanol–water partition coefficient (Wildman–Crippen LogP) is 3.38. The lowest BCUT2D eigenvalue weighted by Crippen LogP contribution is -2.31. The first kappa shape index (κ1) is 20.3. The predicted molar refractivity (Wildman–Crippen MR) is 112 cm³/mol. The average molecular weight is 426 g/mol. The van der Waals surface area contributed by atoms with E-state index in [1.807, 2.05) is 30.3 Å². The number of sulfonamides is 1. The van der Waals surface area contributed by atoms with Crippen molar-refractivity contribution < 1.29 is 18.3 Å².